The lowest BCUT2D eigenvalue weighted by molar-refractivity contribution is 1.16. The van der Waals surface area contributed by atoms with Gasteiger partial charge in [-0.2, -0.15) is 4.98 Å². The molecule has 2 heterocycles. The summed E-state index contributed by atoms with van der Waals surface area (Å²) < 4.78 is 0. The highest BCUT2D eigenvalue weighted by atomic mass is 15.0. The highest BCUT2D eigenvalue weighted by molar-refractivity contribution is 5.73. The van der Waals surface area contributed by atoms with E-state index in [-0.39, 0.29) is 5.95 Å². The highest BCUT2D eigenvalue weighted by Crippen LogP contribution is 2.17. The zero-order valence-corrected chi connectivity index (χ0v) is 8.91. The summed E-state index contributed by atoms with van der Waals surface area (Å²) in [4.78, 5) is 16.6. The molecule has 5 nitrogen and oxygen atoms in total. The van der Waals surface area contributed by atoms with Gasteiger partial charge in [0.2, 0.25) is 5.95 Å². The van der Waals surface area contributed by atoms with Gasteiger partial charge in [-0.05, 0) is 0 Å². The Balaban J connectivity index is 2.19. The molecule has 0 unspecified atom stereocenters. The first kappa shape index (κ1) is 9.65. The van der Waals surface area contributed by atoms with Crippen LogP contribution in [0.15, 0.2) is 42.7 Å². The van der Waals surface area contributed by atoms with Gasteiger partial charge in [-0.3, -0.25) is 0 Å². The van der Waals surface area contributed by atoms with E-state index in [2.05, 4.69) is 19.9 Å². The first-order valence-corrected chi connectivity index (χ1v) is 5.13. The molecular weight excluding hydrogens is 214 g/mol. The normalized spacial score (nSPS) is 10.6. The molecule has 0 aliphatic heterocycles. The largest absolute Gasteiger partial charge is 0.368 e. The molecule has 3 rings (SSSR count). The fourth-order valence-electron chi connectivity index (χ4n) is 1.57. The number of anilines is 1. The van der Waals surface area contributed by atoms with Crippen LogP contribution in [-0.2, 0) is 0 Å². The van der Waals surface area contributed by atoms with Crippen LogP contribution in [0.5, 0.6) is 0 Å². The molecule has 1 aromatic carbocycles. The van der Waals surface area contributed by atoms with Crippen molar-refractivity contribution in [3.8, 4) is 11.3 Å². The minimum absolute atomic E-state index is 0.206. The summed E-state index contributed by atoms with van der Waals surface area (Å²) in [6.07, 6.45) is 3.27. The van der Waals surface area contributed by atoms with Gasteiger partial charge in [-0.15, -0.1) is 0 Å². The number of hydrogen-bond acceptors (Lipinski definition) is 5. The summed E-state index contributed by atoms with van der Waals surface area (Å²) >= 11 is 0. The molecule has 2 aromatic heterocycles. The number of hydrogen-bond donors (Lipinski definition) is 1. The first-order chi connectivity index (χ1) is 8.33. The molecule has 0 saturated carbocycles. The lowest BCUT2D eigenvalue weighted by Gasteiger charge is -2.01. The third-order valence-electron chi connectivity index (χ3n) is 2.39. The predicted molar refractivity (Wildman–Crippen MR) is 65.0 cm³/mol. The Morgan fingerprint density at radius 2 is 1.71 bits per heavy atom. The lowest BCUT2D eigenvalue weighted by atomic mass is 10.2. The van der Waals surface area contributed by atoms with E-state index >= 15 is 0 Å². The van der Waals surface area contributed by atoms with Crippen LogP contribution < -0.4 is 5.73 Å². The molecule has 0 aliphatic rings. The minimum Gasteiger partial charge on any atom is -0.368 e. The van der Waals surface area contributed by atoms with E-state index in [1.54, 1.807) is 12.4 Å². The van der Waals surface area contributed by atoms with Gasteiger partial charge in [0.05, 0.1) is 18.1 Å². The molecule has 0 saturated heterocycles. The molecular formula is C12H9N5. The van der Waals surface area contributed by atoms with E-state index < -0.39 is 0 Å². The molecule has 0 atom stereocenters. The van der Waals surface area contributed by atoms with Gasteiger partial charge in [0.1, 0.15) is 5.52 Å². The van der Waals surface area contributed by atoms with E-state index in [1.165, 1.54) is 0 Å². The number of nitrogen functional groups attached to an aromatic ring is 1. The quantitative estimate of drug-likeness (QED) is 0.679. The van der Waals surface area contributed by atoms with E-state index in [0.29, 0.717) is 11.2 Å². The van der Waals surface area contributed by atoms with Gasteiger partial charge in [-0.1, -0.05) is 30.3 Å². The SMILES string of the molecule is Nc1ncc2ncc(-c3ccccc3)nc2n1. The monoisotopic (exact) mass is 223 g/mol. The van der Waals surface area contributed by atoms with Gasteiger partial charge in [-0.25, -0.2) is 15.0 Å². The fraction of sp³-hybridized carbons (Fsp3) is 0. The third-order valence-corrected chi connectivity index (χ3v) is 2.39. The molecule has 0 amide bonds. The summed E-state index contributed by atoms with van der Waals surface area (Å²) in [5.74, 6) is 0.206. The Bertz CT molecular complexity index is 666. The molecule has 17 heavy (non-hydrogen) atoms. The van der Waals surface area contributed by atoms with Crippen molar-refractivity contribution in [3.63, 3.8) is 0 Å². The van der Waals surface area contributed by atoms with E-state index in [0.717, 1.165) is 11.3 Å². The number of aromatic nitrogens is 4. The van der Waals surface area contributed by atoms with Crippen molar-refractivity contribution >= 4 is 17.1 Å². The van der Waals surface area contributed by atoms with Crippen LogP contribution in [0.2, 0.25) is 0 Å². The average Bonchev–Trinajstić information content (AvgIpc) is 2.39. The highest BCUT2D eigenvalue weighted by Gasteiger charge is 2.03. The second-order valence-electron chi connectivity index (χ2n) is 3.56. The topological polar surface area (TPSA) is 77.6 Å². The van der Waals surface area contributed by atoms with Crippen LogP contribution in [0.25, 0.3) is 22.4 Å². The minimum atomic E-state index is 0.206. The Labute approximate surface area is 97.4 Å². The van der Waals surface area contributed by atoms with Gasteiger partial charge < -0.3 is 5.73 Å². The van der Waals surface area contributed by atoms with Gasteiger partial charge in [0.15, 0.2) is 5.65 Å². The first-order valence-electron chi connectivity index (χ1n) is 5.13. The van der Waals surface area contributed by atoms with E-state index in [9.17, 15) is 0 Å². The second kappa shape index (κ2) is 3.79. The van der Waals surface area contributed by atoms with Crippen LogP contribution in [0.3, 0.4) is 0 Å². The Hall–Kier alpha value is -2.56. The Morgan fingerprint density at radius 1 is 0.882 bits per heavy atom. The molecule has 3 aromatic rings. The molecule has 0 aliphatic carbocycles. The maximum absolute atomic E-state index is 5.52. The number of nitrogens with zero attached hydrogens (tertiary/aromatic N) is 4. The summed E-state index contributed by atoms with van der Waals surface area (Å²) in [6.45, 7) is 0. The smallest absolute Gasteiger partial charge is 0.222 e. The third kappa shape index (κ3) is 1.78. The molecule has 0 bridgehead atoms. The zero-order chi connectivity index (χ0) is 11.7. The van der Waals surface area contributed by atoms with Crippen molar-refractivity contribution in [2.75, 3.05) is 5.73 Å². The van der Waals surface area contributed by atoms with Crippen molar-refractivity contribution < 1.29 is 0 Å². The molecule has 0 spiro atoms. The Morgan fingerprint density at radius 3 is 2.53 bits per heavy atom. The summed E-state index contributed by atoms with van der Waals surface area (Å²) in [5.41, 5.74) is 8.45. The van der Waals surface area contributed by atoms with Crippen LogP contribution in [-0.4, -0.2) is 19.9 Å². The van der Waals surface area contributed by atoms with Crippen LogP contribution in [0, 0.1) is 0 Å². The van der Waals surface area contributed by atoms with Crippen LogP contribution in [0.1, 0.15) is 0 Å². The number of nitrogens with two attached hydrogens (primary N) is 1. The Kier molecular flexibility index (Phi) is 2.15. The van der Waals surface area contributed by atoms with E-state index in [4.69, 9.17) is 5.73 Å². The van der Waals surface area contributed by atoms with Crippen molar-refractivity contribution in [2.45, 2.75) is 0 Å². The molecule has 5 heteroatoms. The van der Waals surface area contributed by atoms with Gasteiger partial charge in [0.25, 0.3) is 0 Å². The number of fused-ring (bicyclic) bond motifs is 1. The summed E-state index contributed by atoms with van der Waals surface area (Å²) in [6, 6.07) is 9.81. The molecule has 2 N–H and O–H groups in total. The summed E-state index contributed by atoms with van der Waals surface area (Å²) in [5, 5.41) is 0. The molecule has 0 fully saturated rings. The molecule has 82 valence electrons. The number of benzene rings is 1. The second-order valence-corrected chi connectivity index (χ2v) is 3.56. The lowest BCUT2D eigenvalue weighted by Crippen LogP contribution is -1.97. The average molecular weight is 223 g/mol. The van der Waals surface area contributed by atoms with Crippen molar-refractivity contribution in [1.82, 2.24) is 19.9 Å². The number of rotatable bonds is 1. The standard InChI is InChI=1S/C12H9N5/c13-12-15-7-10-11(17-12)16-9(6-14-10)8-4-2-1-3-5-8/h1-7H,(H2,13,15,16,17). The van der Waals surface area contributed by atoms with Crippen molar-refractivity contribution in [2.24, 2.45) is 0 Å². The van der Waals surface area contributed by atoms with Gasteiger partial charge in [0, 0.05) is 5.56 Å². The van der Waals surface area contributed by atoms with Crippen molar-refractivity contribution in [1.29, 1.82) is 0 Å². The fourth-order valence-corrected chi connectivity index (χ4v) is 1.57. The van der Waals surface area contributed by atoms with Crippen LogP contribution in [0.4, 0.5) is 5.95 Å². The molecule has 0 radical (unpaired) electrons. The zero-order valence-electron chi connectivity index (χ0n) is 8.91. The summed E-state index contributed by atoms with van der Waals surface area (Å²) in [7, 11) is 0. The maximum Gasteiger partial charge on any atom is 0.222 e. The maximum atomic E-state index is 5.52. The van der Waals surface area contributed by atoms with Gasteiger partial charge >= 0.3 is 0 Å². The van der Waals surface area contributed by atoms with Crippen LogP contribution >= 0.6 is 0 Å². The van der Waals surface area contributed by atoms with Crippen molar-refractivity contribution in [3.05, 3.63) is 42.7 Å². The van der Waals surface area contributed by atoms with E-state index in [1.807, 2.05) is 30.3 Å². The predicted octanol–water partition coefficient (Wildman–Crippen LogP) is 1.67.